The summed E-state index contributed by atoms with van der Waals surface area (Å²) in [6, 6.07) is 10.5. The van der Waals surface area contributed by atoms with Gasteiger partial charge in [0.05, 0.1) is 0 Å². The number of para-hydroxylation sites is 1. The number of aromatic amines is 1. The lowest BCUT2D eigenvalue weighted by molar-refractivity contribution is 0.929. The second kappa shape index (κ2) is 5.72. The topological polar surface area (TPSA) is 66.2 Å². The van der Waals surface area contributed by atoms with Gasteiger partial charge in [-0.3, -0.25) is 4.99 Å². The fraction of sp³-hybridized carbons (Fsp3) is 0.278. The van der Waals surface area contributed by atoms with Crippen LogP contribution in [-0.4, -0.2) is 17.5 Å². The predicted molar refractivity (Wildman–Crippen MR) is 95.7 cm³/mol. The summed E-state index contributed by atoms with van der Waals surface area (Å²) in [4.78, 5) is 7.83. The number of nitrogens with two attached hydrogens (primary N) is 1. The summed E-state index contributed by atoms with van der Waals surface area (Å²) >= 11 is 0. The molecule has 1 aromatic heterocycles. The number of rotatable bonds is 3. The smallest absolute Gasteiger partial charge is 0.193 e. The number of aryl methyl sites for hydroxylation is 2. The Morgan fingerprint density at radius 3 is 2.82 bits per heavy atom. The third-order valence-corrected chi connectivity index (χ3v) is 4.01. The SMILES string of the molecule is CCCN=C(N)Nc1cc(C)c2[nH]c3ccccc3c2c1C. The minimum atomic E-state index is 0.476. The first-order valence-corrected chi connectivity index (χ1v) is 7.69. The van der Waals surface area contributed by atoms with E-state index in [1.165, 1.54) is 27.4 Å². The highest BCUT2D eigenvalue weighted by molar-refractivity contribution is 6.12. The van der Waals surface area contributed by atoms with E-state index in [1.807, 2.05) is 0 Å². The molecule has 0 fully saturated rings. The van der Waals surface area contributed by atoms with Gasteiger partial charge in [-0.25, -0.2) is 0 Å². The summed E-state index contributed by atoms with van der Waals surface area (Å²) in [7, 11) is 0. The van der Waals surface area contributed by atoms with Crippen molar-refractivity contribution in [2.75, 3.05) is 11.9 Å². The summed E-state index contributed by atoms with van der Waals surface area (Å²) in [5.74, 6) is 0.476. The van der Waals surface area contributed by atoms with Crippen molar-refractivity contribution in [2.45, 2.75) is 27.2 Å². The van der Waals surface area contributed by atoms with Crippen LogP contribution in [0.4, 0.5) is 5.69 Å². The van der Waals surface area contributed by atoms with Gasteiger partial charge in [-0.1, -0.05) is 25.1 Å². The van der Waals surface area contributed by atoms with Gasteiger partial charge in [0.15, 0.2) is 5.96 Å². The van der Waals surface area contributed by atoms with Crippen LogP contribution < -0.4 is 11.1 Å². The zero-order chi connectivity index (χ0) is 15.7. The molecule has 4 nitrogen and oxygen atoms in total. The second-order valence-electron chi connectivity index (χ2n) is 5.68. The van der Waals surface area contributed by atoms with Gasteiger partial charge in [0.1, 0.15) is 0 Å². The number of nitrogens with one attached hydrogen (secondary N) is 2. The summed E-state index contributed by atoms with van der Waals surface area (Å²) < 4.78 is 0. The van der Waals surface area contributed by atoms with E-state index in [0.717, 1.165) is 24.2 Å². The molecular formula is C18H22N4. The number of hydrogen-bond acceptors (Lipinski definition) is 1. The Morgan fingerprint density at radius 1 is 1.27 bits per heavy atom. The zero-order valence-corrected chi connectivity index (χ0v) is 13.3. The minimum absolute atomic E-state index is 0.476. The van der Waals surface area contributed by atoms with E-state index in [2.05, 4.69) is 66.4 Å². The molecule has 3 rings (SSSR count). The Morgan fingerprint density at radius 2 is 2.05 bits per heavy atom. The summed E-state index contributed by atoms with van der Waals surface area (Å²) in [5.41, 5.74) is 11.7. The normalized spacial score (nSPS) is 12.2. The van der Waals surface area contributed by atoms with Crippen molar-refractivity contribution in [3.05, 3.63) is 41.5 Å². The van der Waals surface area contributed by atoms with Crippen molar-refractivity contribution in [1.29, 1.82) is 0 Å². The van der Waals surface area contributed by atoms with E-state index in [9.17, 15) is 0 Å². The molecule has 0 aliphatic carbocycles. The first kappa shape index (κ1) is 14.4. The Labute approximate surface area is 130 Å². The van der Waals surface area contributed by atoms with Crippen LogP contribution in [0.1, 0.15) is 24.5 Å². The Kier molecular flexibility index (Phi) is 3.75. The van der Waals surface area contributed by atoms with E-state index in [0.29, 0.717) is 5.96 Å². The van der Waals surface area contributed by atoms with Gasteiger partial charge in [-0.05, 0) is 43.5 Å². The van der Waals surface area contributed by atoms with Crippen LogP contribution >= 0.6 is 0 Å². The van der Waals surface area contributed by atoms with Gasteiger partial charge in [-0.15, -0.1) is 0 Å². The van der Waals surface area contributed by atoms with Gasteiger partial charge in [0.25, 0.3) is 0 Å². The number of nitrogens with zero attached hydrogens (tertiary/aromatic N) is 1. The molecule has 0 radical (unpaired) electrons. The third-order valence-electron chi connectivity index (χ3n) is 4.01. The molecule has 4 N–H and O–H groups in total. The van der Waals surface area contributed by atoms with Crippen LogP contribution in [0, 0.1) is 13.8 Å². The molecule has 2 aromatic carbocycles. The highest BCUT2D eigenvalue weighted by Gasteiger charge is 2.12. The lowest BCUT2D eigenvalue weighted by atomic mass is 10.0. The molecule has 0 saturated heterocycles. The Balaban J connectivity index is 2.16. The van der Waals surface area contributed by atoms with Crippen LogP contribution in [-0.2, 0) is 0 Å². The highest BCUT2D eigenvalue weighted by atomic mass is 15.1. The molecule has 4 heteroatoms. The minimum Gasteiger partial charge on any atom is -0.370 e. The average molecular weight is 294 g/mol. The first-order chi connectivity index (χ1) is 10.6. The van der Waals surface area contributed by atoms with E-state index >= 15 is 0 Å². The molecule has 0 unspecified atom stereocenters. The zero-order valence-electron chi connectivity index (χ0n) is 13.3. The van der Waals surface area contributed by atoms with Crippen LogP contribution in [0.2, 0.25) is 0 Å². The fourth-order valence-electron chi connectivity index (χ4n) is 2.90. The number of H-pyrrole nitrogens is 1. The maximum atomic E-state index is 5.97. The number of guanidine groups is 1. The van der Waals surface area contributed by atoms with Crippen molar-refractivity contribution < 1.29 is 0 Å². The number of anilines is 1. The Bertz CT molecular complexity index is 858. The molecule has 22 heavy (non-hydrogen) atoms. The number of fused-ring (bicyclic) bond motifs is 3. The van der Waals surface area contributed by atoms with Crippen molar-refractivity contribution in [3.8, 4) is 0 Å². The summed E-state index contributed by atoms with van der Waals surface area (Å²) in [6.07, 6.45) is 0.988. The largest absolute Gasteiger partial charge is 0.370 e. The highest BCUT2D eigenvalue weighted by Crippen LogP contribution is 2.34. The molecule has 0 bridgehead atoms. The molecule has 114 valence electrons. The van der Waals surface area contributed by atoms with Gasteiger partial charge in [0, 0.05) is 34.0 Å². The van der Waals surface area contributed by atoms with Crippen molar-refractivity contribution >= 4 is 33.5 Å². The monoisotopic (exact) mass is 294 g/mol. The summed E-state index contributed by atoms with van der Waals surface area (Å²) in [6.45, 7) is 7.07. The maximum absolute atomic E-state index is 5.97. The van der Waals surface area contributed by atoms with Gasteiger partial charge < -0.3 is 16.0 Å². The Hall–Kier alpha value is -2.49. The first-order valence-electron chi connectivity index (χ1n) is 7.69. The lowest BCUT2D eigenvalue weighted by Crippen LogP contribution is -2.23. The number of aromatic nitrogens is 1. The van der Waals surface area contributed by atoms with Crippen LogP contribution in [0.3, 0.4) is 0 Å². The molecule has 1 heterocycles. The molecule has 0 aliphatic heterocycles. The fourth-order valence-corrected chi connectivity index (χ4v) is 2.90. The van der Waals surface area contributed by atoms with Crippen molar-refractivity contribution in [3.63, 3.8) is 0 Å². The van der Waals surface area contributed by atoms with E-state index in [4.69, 9.17) is 5.73 Å². The summed E-state index contributed by atoms with van der Waals surface area (Å²) in [5, 5.41) is 5.74. The standard InChI is InChI=1S/C18H22N4/c1-4-9-20-18(19)22-15-10-11(2)17-16(12(15)3)13-7-5-6-8-14(13)21-17/h5-8,10,21H,4,9H2,1-3H3,(H3,19,20,22). The van der Waals surface area contributed by atoms with E-state index < -0.39 is 0 Å². The van der Waals surface area contributed by atoms with Crippen molar-refractivity contribution in [1.82, 2.24) is 4.98 Å². The van der Waals surface area contributed by atoms with Crippen molar-refractivity contribution in [2.24, 2.45) is 10.7 Å². The molecule has 0 spiro atoms. The van der Waals surface area contributed by atoms with Gasteiger partial charge >= 0.3 is 0 Å². The van der Waals surface area contributed by atoms with Crippen LogP contribution in [0.15, 0.2) is 35.3 Å². The predicted octanol–water partition coefficient (Wildman–Crippen LogP) is 4.07. The third kappa shape index (κ3) is 2.41. The quantitative estimate of drug-likeness (QED) is 0.503. The number of hydrogen-bond donors (Lipinski definition) is 3. The lowest BCUT2D eigenvalue weighted by Gasteiger charge is -2.12. The molecule has 3 aromatic rings. The number of aliphatic imine (C=N–C) groups is 1. The average Bonchev–Trinajstić information content (AvgIpc) is 2.90. The van der Waals surface area contributed by atoms with Gasteiger partial charge in [0.2, 0.25) is 0 Å². The van der Waals surface area contributed by atoms with Crippen LogP contribution in [0.5, 0.6) is 0 Å². The number of benzene rings is 2. The van der Waals surface area contributed by atoms with E-state index in [-0.39, 0.29) is 0 Å². The van der Waals surface area contributed by atoms with Gasteiger partial charge in [-0.2, -0.15) is 0 Å². The van der Waals surface area contributed by atoms with E-state index in [1.54, 1.807) is 0 Å². The molecule has 0 aliphatic rings. The maximum Gasteiger partial charge on any atom is 0.193 e. The second-order valence-corrected chi connectivity index (χ2v) is 5.68. The van der Waals surface area contributed by atoms with Crippen LogP contribution in [0.25, 0.3) is 21.8 Å². The molecule has 0 amide bonds. The molecule has 0 atom stereocenters. The molecule has 0 saturated carbocycles. The molecular weight excluding hydrogens is 272 g/mol.